The molecule has 3 rings (SSSR count). The van der Waals surface area contributed by atoms with Gasteiger partial charge in [0.25, 0.3) is 0 Å². The van der Waals surface area contributed by atoms with Crippen LogP contribution in [-0.2, 0) is 23.0 Å². The van der Waals surface area contributed by atoms with Crippen LogP contribution in [0.5, 0.6) is 0 Å². The van der Waals surface area contributed by atoms with E-state index in [-0.39, 0.29) is 6.54 Å². The molecule has 116 valence electrons. The molecule has 0 unspecified atom stereocenters. The van der Waals surface area contributed by atoms with Crippen LogP contribution in [-0.4, -0.2) is 60.8 Å². The lowest BCUT2D eigenvalue weighted by Crippen LogP contribution is -2.47. The molecule has 6 heteroatoms. The van der Waals surface area contributed by atoms with Crippen LogP contribution in [0.1, 0.15) is 17.5 Å². The number of rotatable bonds is 3. The number of nitrogens with zero attached hydrogens (tertiary/aromatic N) is 2. The van der Waals surface area contributed by atoms with Crippen molar-refractivity contribution in [3.63, 3.8) is 0 Å². The van der Waals surface area contributed by atoms with Crippen LogP contribution in [0.3, 0.4) is 0 Å². The smallest absolute Gasteiger partial charge is 0.211 e. The molecule has 2 aliphatic heterocycles. The van der Waals surface area contributed by atoms with Crippen LogP contribution in [0.15, 0.2) is 24.3 Å². The monoisotopic (exact) mass is 310 g/mol. The van der Waals surface area contributed by atoms with Gasteiger partial charge in [0.2, 0.25) is 10.0 Å². The van der Waals surface area contributed by atoms with Gasteiger partial charge in [0, 0.05) is 32.7 Å². The number of aliphatic hydroxyl groups is 1. The Morgan fingerprint density at radius 2 is 1.95 bits per heavy atom. The Labute approximate surface area is 126 Å². The maximum absolute atomic E-state index is 11.6. The first-order valence-electron chi connectivity index (χ1n) is 7.32. The summed E-state index contributed by atoms with van der Waals surface area (Å²) in [5.41, 5.74) is 1.77. The molecule has 2 heterocycles. The highest BCUT2D eigenvalue weighted by atomic mass is 32.2. The van der Waals surface area contributed by atoms with E-state index in [9.17, 15) is 13.5 Å². The Morgan fingerprint density at radius 1 is 1.24 bits per heavy atom. The molecule has 21 heavy (non-hydrogen) atoms. The van der Waals surface area contributed by atoms with E-state index in [2.05, 4.69) is 23.1 Å². The minimum Gasteiger partial charge on any atom is -0.387 e. The van der Waals surface area contributed by atoms with E-state index in [1.54, 1.807) is 0 Å². The molecule has 1 atom stereocenters. The topological polar surface area (TPSA) is 60.9 Å². The summed E-state index contributed by atoms with van der Waals surface area (Å²) in [5, 5.41) is 10.7. The fourth-order valence-corrected chi connectivity index (χ4v) is 4.23. The summed E-state index contributed by atoms with van der Waals surface area (Å²) in [6.07, 6.45) is 2.70. The molecule has 1 aromatic carbocycles. The Kier molecular flexibility index (Phi) is 3.81. The highest BCUT2D eigenvalue weighted by Crippen LogP contribution is 2.27. The number of hydrogen-bond donors (Lipinski definition) is 1. The van der Waals surface area contributed by atoms with Gasteiger partial charge in [0.1, 0.15) is 0 Å². The summed E-state index contributed by atoms with van der Waals surface area (Å²) < 4.78 is 24.5. The van der Waals surface area contributed by atoms with Crippen LogP contribution in [0.25, 0.3) is 0 Å². The Morgan fingerprint density at radius 3 is 2.62 bits per heavy atom. The third-order valence-corrected chi connectivity index (χ3v) is 5.74. The summed E-state index contributed by atoms with van der Waals surface area (Å²) in [7, 11) is -3.21. The summed E-state index contributed by atoms with van der Waals surface area (Å²) in [6.45, 7) is 2.91. The summed E-state index contributed by atoms with van der Waals surface area (Å²) in [4.78, 5) is 2.23. The van der Waals surface area contributed by atoms with Gasteiger partial charge in [-0.1, -0.05) is 24.3 Å². The molecule has 0 spiro atoms. The highest BCUT2D eigenvalue weighted by Gasteiger charge is 2.41. The lowest BCUT2D eigenvalue weighted by atomic mass is 9.97. The normalized spacial score (nSPS) is 27.7. The summed E-state index contributed by atoms with van der Waals surface area (Å²) in [6, 6.07) is 8.38. The van der Waals surface area contributed by atoms with Crippen LogP contribution >= 0.6 is 0 Å². The number of fused-ring (bicyclic) bond motifs is 1. The van der Waals surface area contributed by atoms with Crippen LogP contribution < -0.4 is 0 Å². The van der Waals surface area contributed by atoms with Crippen molar-refractivity contribution in [3.05, 3.63) is 35.4 Å². The first-order valence-corrected chi connectivity index (χ1v) is 9.17. The minimum absolute atomic E-state index is 0.212. The second-order valence-electron chi connectivity index (χ2n) is 6.30. The van der Waals surface area contributed by atoms with E-state index in [1.807, 2.05) is 6.07 Å². The van der Waals surface area contributed by atoms with Crippen molar-refractivity contribution in [1.29, 1.82) is 0 Å². The van der Waals surface area contributed by atoms with Crippen LogP contribution in [0.4, 0.5) is 0 Å². The van der Waals surface area contributed by atoms with E-state index >= 15 is 0 Å². The molecule has 5 nitrogen and oxygen atoms in total. The Hall–Kier alpha value is -0.950. The maximum Gasteiger partial charge on any atom is 0.211 e. The lowest BCUT2D eigenvalue weighted by Gasteiger charge is -2.34. The predicted octanol–water partition coefficient (Wildman–Crippen LogP) is 0.441. The quantitative estimate of drug-likeness (QED) is 0.880. The Balaban J connectivity index is 1.66. The minimum atomic E-state index is -3.21. The summed E-state index contributed by atoms with van der Waals surface area (Å²) >= 11 is 0. The third kappa shape index (κ3) is 3.29. The number of hydrogen-bond acceptors (Lipinski definition) is 4. The molecule has 0 amide bonds. The molecule has 1 fully saturated rings. The molecule has 2 aliphatic rings. The summed E-state index contributed by atoms with van der Waals surface area (Å²) in [5.74, 6) is 0. The van der Waals surface area contributed by atoms with E-state index < -0.39 is 15.6 Å². The van der Waals surface area contributed by atoms with Crippen molar-refractivity contribution < 1.29 is 13.5 Å². The standard InChI is InChI=1S/C15H22N2O3S/c1-21(19,20)17-9-7-15(18,12-17)11-16-8-6-13-4-2-3-5-14(13)10-16/h2-5,18H,6-12H2,1H3/t15-/m1/s1. The average molecular weight is 310 g/mol. The number of benzene rings is 1. The lowest BCUT2D eigenvalue weighted by molar-refractivity contribution is 0.0127. The van der Waals surface area contributed by atoms with Crippen LogP contribution in [0, 0.1) is 0 Å². The van der Waals surface area contributed by atoms with Crippen molar-refractivity contribution in [2.24, 2.45) is 0 Å². The molecular weight excluding hydrogens is 288 g/mol. The molecule has 0 bridgehead atoms. The van der Waals surface area contributed by atoms with Gasteiger partial charge >= 0.3 is 0 Å². The van der Waals surface area contributed by atoms with Crippen LogP contribution in [0.2, 0.25) is 0 Å². The van der Waals surface area contributed by atoms with Gasteiger partial charge < -0.3 is 5.11 Å². The fraction of sp³-hybridized carbons (Fsp3) is 0.600. The highest BCUT2D eigenvalue weighted by molar-refractivity contribution is 7.88. The van der Waals surface area contributed by atoms with E-state index in [0.717, 1.165) is 19.5 Å². The van der Waals surface area contributed by atoms with Gasteiger partial charge in [0.05, 0.1) is 11.9 Å². The second kappa shape index (κ2) is 5.35. The van der Waals surface area contributed by atoms with Gasteiger partial charge in [-0.25, -0.2) is 8.42 Å². The number of β-amino-alcohol motifs (C(OH)–C–C–N with tert-alkyl or cyclic N) is 1. The number of sulfonamides is 1. The molecule has 1 N–H and O–H groups in total. The zero-order valence-corrected chi connectivity index (χ0v) is 13.1. The Bertz CT molecular complexity index is 632. The van der Waals surface area contributed by atoms with Gasteiger partial charge in [0.15, 0.2) is 0 Å². The van der Waals surface area contributed by atoms with Gasteiger partial charge in [-0.05, 0) is 24.0 Å². The van der Waals surface area contributed by atoms with E-state index in [0.29, 0.717) is 19.5 Å². The third-order valence-electron chi connectivity index (χ3n) is 4.49. The molecule has 0 aliphatic carbocycles. The largest absolute Gasteiger partial charge is 0.387 e. The SMILES string of the molecule is CS(=O)(=O)N1CC[C@@](O)(CN2CCc3ccccc3C2)C1. The first-order chi connectivity index (χ1) is 9.86. The zero-order chi connectivity index (χ0) is 15.1. The van der Waals surface area contributed by atoms with Crippen molar-refractivity contribution in [2.45, 2.75) is 25.0 Å². The predicted molar refractivity (Wildman–Crippen MR) is 81.4 cm³/mol. The fourth-order valence-electron chi connectivity index (χ4n) is 3.34. The van der Waals surface area contributed by atoms with Crippen molar-refractivity contribution in [3.8, 4) is 0 Å². The molecule has 1 saturated heterocycles. The van der Waals surface area contributed by atoms with Crippen molar-refractivity contribution >= 4 is 10.0 Å². The molecule has 1 aromatic rings. The molecular formula is C15H22N2O3S. The molecule has 0 radical (unpaired) electrons. The van der Waals surface area contributed by atoms with Gasteiger partial charge in [-0.2, -0.15) is 4.31 Å². The van der Waals surface area contributed by atoms with Crippen molar-refractivity contribution in [1.82, 2.24) is 9.21 Å². The van der Waals surface area contributed by atoms with Gasteiger partial charge in [-0.15, -0.1) is 0 Å². The van der Waals surface area contributed by atoms with Gasteiger partial charge in [-0.3, -0.25) is 4.90 Å². The average Bonchev–Trinajstić information content (AvgIpc) is 2.81. The maximum atomic E-state index is 11.6. The van der Waals surface area contributed by atoms with E-state index in [1.165, 1.54) is 21.7 Å². The first kappa shape index (κ1) is 15.0. The van der Waals surface area contributed by atoms with Crippen molar-refractivity contribution in [2.75, 3.05) is 32.4 Å². The van der Waals surface area contributed by atoms with E-state index in [4.69, 9.17) is 0 Å². The molecule has 0 saturated carbocycles. The second-order valence-corrected chi connectivity index (χ2v) is 8.28. The molecule has 0 aromatic heterocycles. The zero-order valence-electron chi connectivity index (χ0n) is 12.3.